The highest BCUT2D eigenvalue weighted by atomic mass is 19.1. The van der Waals surface area contributed by atoms with Gasteiger partial charge >= 0.3 is 0 Å². The SMILES string of the molecule is OCC#Cc1cccc(OCc2cncc(F)c2)c1. The zero-order valence-electron chi connectivity index (χ0n) is 10.1. The van der Waals surface area contributed by atoms with E-state index in [1.165, 1.54) is 6.07 Å². The summed E-state index contributed by atoms with van der Waals surface area (Å²) >= 11 is 0. The minimum atomic E-state index is -0.385. The van der Waals surface area contributed by atoms with Crippen LogP contribution in [0.25, 0.3) is 0 Å². The van der Waals surface area contributed by atoms with Crippen molar-refractivity contribution in [2.45, 2.75) is 6.61 Å². The maximum Gasteiger partial charge on any atom is 0.141 e. The van der Waals surface area contributed by atoms with Gasteiger partial charge in [0.2, 0.25) is 0 Å². The molecule has 0 bridgehead atoms. The molecule has 2 aromatic rings. The summed E-state index contributed by atoms with van der Waals surface area (Å²) in [5, 5.41) is 8.63. The van der Waals surface area contributed by atoms with E-state index in [1.807, 2.05) is 6.07 Å². The summed E-state index contributed by atoms with van der Waals surface area (Å²) in [5.74, 6) is 5.60. The van der Waals surface area contributed by atoms with Gasteiger partial charge in [0.1, 0.15) is 24.8 Å². The second-order valence-corrected chi connectivity index (χ2v) is 3.79. The van der Waals surface area contributed by atoms with Gasteiger partial charge in [0.05, 0.1) is 6.20 Å². The Morgan fingerprint density at radius 2 is 2.16 bits per heavy atom. The van der Waals surface area contributed by atoms with Crippen molar-refractivity contribution < 1.29 is 14.2 Å². The van der Waals surface area contributed by atoms with Gasteiger partial charge in [-0.05, 0) is 24.3 Å². The summed E-state index contributed by atoms with van der Waals surface area (Å²) in [6.45, 7) is 0.0572. The van der Waals surface area contributed by atoms with Crippen molar-refractivity contribution in [1.29, 1.82) is 0 Å². The monoisotopic (exact) mass is 257 g/mol. The molecule has 0 atom stereocenters. The molecule has 0 unspecified atom stereocenters. The van der Waals surface area contributed by atoms with Crippen molar-refractivity contribution in [3.63, 3.8) is 0 Å². The first-order valence-corrected chi connectivity index (χ1v) is 5.70. The third-order valence-corrected chi connectivity index (χ3v) is 2.31. The number of rotatable bonds is 3. The highest BCUT2D eigenvalue weighted by Crippen LogP contribution is 2.14. The van der Waals surface area contributed by atoms with Crippen molar-refractivity contribution in [3.05, 3.63) is 59.7 Å². The van der Waals surface area contributed by atoms with Crippen molar-refractivity contribution in [2.75, 3.05) is 6.61 Å². The Morgan fingerprint density at radius 3 is 2.95 bits per heavy atom. The lowest BCUT2D eigenvalue weighted by molar-refractivity contribution is 0.305. The normalized spacial score (nSPS) is 9.58. The van der Waals surface area contributed by atoms with Gasteiger partial charge in [-0.25, -0.2) is 4.39 Å². The summed E-state index contributed by atoms with van der Waals surface area (Å²) in [6.07, 6.45) is 2.70. The van der Waals surface area contributed by atoms with Gasteiger partial charge in [0, 0.05) is 17.3 Å². The number of nitrogens with zero attached hydrogens (tertiary/aromatic N) is 1. The van der Waals surface area contributed by atoms with E-state index in [-0.39, 0.29) is 19.0 Å². The molecule has 0 amide bonds. The molecule has 1 heterocycles. The molecule has 0 radical (unpaired) electrons. The minimum Gasteiger partial charge on any atom is -0.489 e. The molecule has 0 aliphatic rings. The van der Waals surface area contributed by atoms with Gasteiger partial charge in [-0.2, -0.15) is 0 Å². The van der Waals surface area contributed by atoms with Crippen molar-refractivity contribution in [3.8, 4) is 17.6 Å². The van der Waals surface area contributed by atoms with Crippen molar-refractivity contribution in [2.24, 2.45) is 0 Å². The van der Waals surface area contributed by atoms with Crippen LogP contribution in [0.1, 0.15) is 11.1 Å². The average Bonchev–Trinajstić information content (AvgIpc) is 2.43. The fraction of sp³-hybridized carbons (Fsp3) is 0.133. The van der Waals surface area contributed by atoms with E-state index in [1.54, 1.807) is 24.4 Å². The van der Waals surface area contributed by atoms with E-state index < -0.39 is 0 Å². The number of hydrogen-bond donors (Lipinski definition) is 1. The van der Waals surface area contributed by atoms with E-state index in [0.29, 0.717) is 11.3 Å². The molecule has 0 fully saturated rings. The summed E-state index contributed by atoms with van der Waals surface area (Å²) in [7, 11) is 0. The maximum atomic E-state index is 12.9. The summed E-state index contributed by atoms with van der Waals surface area (Å²) in [5.41, 5.74) is 1.41. The van der Waals surface area contributed by atoms with Crippen LogP contribution in [0.3, 0.4) is 0 Å². The van der Waals surface area contributed by atoms with Crippen molar-refractivity contribution in [1.82, 2.24) is 4.98 Å². The molecule has 1 aromatic heterocycles. The minimum absolute atomic E-state index is 0.181. The third-order valence-electron chi connectivity index (χ3n) is 2.31. The largest absolute Gasteiger partial charge is 0.489 e. The zero-order chi connectivity index (χ0) is 13.5. The number of ether oxygens (including phenoxy) is 1. The Bertz CT molecular complexity index is 617. The molecule has 2 rings (SSSR count). The van der Waals surface area contributed by atoms with Crippen LogP contribution in [0, 0.1) is 17.7 Å². The molecule has 96 valence electrons. The smallest absolute Gasteiger partial charge is 0.141 e. The first kappa shape index (κ1) is 13.1. The molecule has 1 N–H and O–H groups in total. The highest BCUT2D eigenvalue weighted by molar-refractivity contribution is 5.39. The quantitative estimate of drug-likeness (QED) is 0.857. The van der Waals surface area contributed by atoms with E-state index in [4.69, 9.17) is 9.84 Å². The van der Waals surface area contributed by atoms with Gasteiger partial charge in [0.25, 0.3) is 0 Å². The number of aliphatic hydroxyl groups is 1. The number of benzene rings is 1. The van der Waals surface area contributed by atoms with Crippen LogP contribution in [0.2, 0.25) is 0 Å². The standard InChI is InChI=1S/C15H12FNO2/c16-14-7-13(9-17-10-14)11-19-15-5-1-3-12(8-15)4-2-6-18/h1,3,5,7-10,18H,6,11H2. The predicted octanol–water partition coefficient (Wildman–Crippen LogP) is 2.14. The number of aliphatic hydroxyl groups excluding tert-OH is 1. The fourth-order valence-electron chi connectivity index (χ4n) is 1.51. The Kier molecular flexibility index (Phi) is 4.49. The number of hydrogen-bond acceptors (Lipinski definition) is 3. The maximum absolute atomic E-state index is 12.9. The van der Waals surface area contributed by atoms with Crippen LogP contribution in [0.15, 0.2) is 42.7 Å². The molecule has 19 heavy (non-hydrogen) atoms. The van der Waals surface area contributed by atoms with Crippen LogP contribution >= 0.6 is 0 Å². The Labute approximate surface area is 110 Å². The topological polar surface area (TPSA) is 42.4 Å². The molecule has 4 heteroatoms. The fourth-order valence-corrected chi connectivity index (χ4v) is 1.51. The Morgan fingerprint density at radius 1 is 1.26 bits per heavy atom. The van der Waals surface area contributed by atoms with E-state index in [9.17, 15) is 4.39 Å². The molecule has 0 aliphatic carbocycles. The lowest BCUT2D eigenvalue weighted by Gasteiger charge is -2.06. The number of halogens is 1. The van der Waals surface area contributed by atoms with E-state index in [0.717, 1.165) is 11.8 Å². The summed E-state index contributed by atoms with van der Waals surface area (Å²) in [6, 6.07) is 8.55. The van der Waals surface area contributed by atoms with Crippen LogP contribution < -0.4 is 4.74 Å². The summed E-state index contributed by atoms with van der Waals surface area (Å²) in [4.78, 5) is 3.75. The molecule has 3 nitrogen and oxygen atoms in total. The molecule has 0 saturated carbocycles. The van der Waals surface area contributed by atoms with Crippen LogP contribution in [-0.4, -0.2) is 16.7 Å². The molecule has 1 aromatic carbocycles. The molecule has 0 spiro atoms. The number of pyridine rings is 1. The van der Waals surface area contributed by atoms with Gasteiger partial charge < -0.3 is 9.84 Å². The lowest BCUT2D eigenvalue weighted by atomic mass is 10.2. The summed E-state index contributed by atoms with van der Waals surface area (Å²) < 4.78 is 18.5. The van der Waals surface area contributed by atoms with Crippen molar-refractivity contribution >= 4 is 0 Å². The van der Waals surface area contributed by atoms with Crippen LogP contribution in [0.5, 0.6) is 5.75 Å². The Hall–Kier alpha value is -2.38. The predicted molar refractivity (Wildman–Crippen MR) is 68.9 cm³/mol. The Balaban J connectivity index is 2.03. The molecule has 0 aliphatic heterocycles. The molecular formula is C15H12FNO2. The lowest BCUT2D eigenvalue weighted by Crippen LogP contribution is -1.97. The molecular weight excluding hydrogens is 245 g/mol. The second-order valence-electron chi connectivity index (χ2n) is 3.79. The van der Waals surface area contributed by atoms with Gasteiger partial charge in [-0.15, -0.1) is 0 Å². The van der Waals surface area contributed by atoms with E-state index >= 15 is 0 Å². The van der Waals surface area contributed by atoms with E-state index in [2.05, 4.69) is 16.8 Å². The highest BCUT2D eigenvalue weighted by Gasteiger charge is 1.99. The average molecular weight is 257 g/mol. The van der Waals surface area contributed by atoms with Gasteiger partial charge in [0.15, 0.2) is 0 Å². The second kappa shape index (κ2) is 6.53. The van der Waals surface area contributed by atoms with Crippen LogP contribution in [0.4, 0.5) is 4.39 Å². The molecule has 0 saturated heterocycles. The first-order valence-electron chi connectivity index (χ1n) is 5.70. The third kappa shape index (κ3) is 4.09. The zero-order valence-corrected chi connectivity index (χ0v) is 10.1. The van der Waals surface area contributed by atoms with Gasteiger partial charge in [-0.1, -0.05) is 17.9 Å². The first-order chi connectivity index (χ1) is 9.28. The van der Waals surface area contributed by atoms with Crippen LogP contribution in [-0.2, 0) is 6.61 Å². The van der Waals surface area contributed by atoms with Gasteiger partial charge in [-0.3, -0.25) is 4.98 Å². The number of aromatic nitrogens is 1.